The monoisotopic (exact) mass is 672 g/mol. The number of aliphatic carboxylic acids is 1. The van der Waals surface area contributed by atoms with E-state index in [-0.39, 0.29) is 19.3 Å². The Morgan fingerprint density at radius 2 is 1.35 bits per heavy atom. The summed E-state index contributed by atoms with van der Waals surface area (Å²) in [6.45, 7) is 1.73. The van der Waals surface area contributed by atoms with Gasteiger partial charge < -0.3 is 43.2 Å². The molecule has 3 atom stereocenters. The zero-order chi connectivity index (χ0) is 35.3. The van der Waals surface area contributed by atoms with E-state index < -0.39 is 66.8 Å². The van der Waals surface area contributed by atoms with Crippen LogP contribution < -0.4 is 38.1 Å². The van der Waals surface area contributed by atoms with Gasteiger partial charge in [0.2, 0.25) is 23.6 Å². The van der Waals surface area contributed by atoms with Crippen molar-refractivity contribution in [3.63, 3.8) is 0 Å². The SMILES string of the molecule is CCCc1cn(C(=O)N[C@@H](CCCCN)C(=O)NCC(=O)N[C@@H](Cc2ccccc2)C(=O)NCC(=O)N[C@@H](CCCCN)C(=O)O)nn1. The summed E-state index contributed by atoms with van der Waals surface area (Å²) in [7, 11) is 0. The number of nitrogens with zero attached hydrogens (tertiary/aromatic N) is 3. The summed E-state index contributed by atoms with van der Waals surface area (Å²) in [5.74, 6) is -3.92. The molecule has 5 amide bonds. The molecule has 0 bridgehead atoms. The molecule has 0 saturated carbocycles. The van der Waals surface area contributed by atoms with E-state index in [1.165, 1.54) is 6.20 Å². The van der Waals surface area contributed by atoms with Gasteiger partial charge in [0.15, 0.2) is 0 Å². The highest BCUT2D eigenvalue weighted by atomic mass is 16.4. The number of carboxylic acids is 1. The van der Waals surface area contributed by atoms with Crippen LogP contribution in [-0.4, -0.2) is 100 Å². The number of carboxylic acid groups (broad SMARTS) is 1. The predicted octanol–water partition coefficient (Wildman–Crippen LogP) is -1.06. The van der Waals surface area contributed by atoms with Gasteiger partial charge in [0.1, 0.15) is 18.1 Å². The Kier molecular flexibility index (Phi) is 17.8. The molecule has 1 aromatic heterocycles. The van der Waals surface area contributed by atoms with Crippen molar-refractivity contribution < 1.29 is 33.9 Å². The Balaban J connectivity index is 2.02. The van der Waals surface area contributed by atoms with E-state index in [1.807, 2.05) is 6.92 Å². The summed E-state index contributed by atoms with van der Waals surface area (Å²) in [5, 5.41) is 29.7. The topological polar surface area (TPSA) is 266 Å². The molecule has 0 aliphatic heterocycles. The Morgan fingerprint density at radius 1 is 0.792 bits per heavy atom. The average Bonchev–Trinajstić information content (AvgIpc) is 3.54. The first-order chi connectivity index (χ1) is 23.1. The van der Waals surface area contributed by atoms with Crippen LogP contribution in [0.5, 0.6) is 0 Å². The van der Waals surface area contributed by atoms with Gasteiger partial charge in [0, 0.05) is 6.42 Å². The number of nitrogens with two attached hydrogens (primary N) is 2. The predicted molar refractivity (Wildman–Crippen MR) is 175 cm³/mol. The Hall–Kier alpha value is -4.90. The number of hydrogen-bond acceptors (Lipinski definition) is 10. The molecule has 0 saturated heterocycles. The molecule has 2 aromatic rings. The molecule has 10 N–H and O–H groups in total. The number of carbonyl (C=O) groups excluding carboxylic acids is 5. The molecule has 264 valence electrons. The van der Waals surface area contributed by atoms with Gasteiger partial charge in [-0.1, -0.05) is 48.9 Å². The Bertz CT molecular complexity index is 1340. The lowest BCUT2D eigenvalue weighted by Crippen LogP contribution is -2.54. The quantitative estimate of drug-likeness (QED) is 0.0699. The molecule has 0 unspecified atom stereocenters. The van der Waals surface area contributed by atoms with E-state index in [9.17, 15) is 33.9 Å². The smallest absolute Gasteiger partial charge is 0.344 e. The lowest BCUT2D eigenvalue weighted by Gasteiger charge is -2.21. The molecule has 1 aromatic carbocycles. The molecule has 0 aliphatic carbocycles. The van der Waals surface area contributed by atoms with Crippen LogP contribution in [0.25, 0.3) is 0 Å². The molecule has 1 heterocycles. The fourth-order valence-corrected chi connectivity index (χ4v) is 4.63. The number of nitrogens with one attached hydrogen (secondary N) is 5. The molecular formula is C31H48N10O7. The third kappa shape index (κ3) is 14.7. The van der Waals surface area contributed by atoms with Gasteiger partial charge in [-0.15, -0.1) is 5.10 Å². The molecule has 0 fully saturated rings. The van der Waals surface area contributed by atoms with Crippen molar-refractivity contribution in [3.05, 3.63) is 47.8 Å². The first kappa shape index (κ1) is 39.3. The number of unbranched alkanes of at least 4 members (excludes halogenated alkanes) is 2. The minimum atomic E-state index is -1.20. The fraction of sp³-hybridized carbons (Fsp3) is 0.548. The number of carbonyl (C=O) groups is 6. The van der Waals surface area contributed by atoms with Crippen molar-refractivity contribution >= 4 is 35.6 Å². The maximum atomic E-state index is 13.1. The zero-order valence-corrected chi connectivity index (χ0v) is 27.3. The van der Waals surface area contributed by atoms with Gasteiger partial charge in [-0.05, 0) is 63.6 Å². The Labute approximate surface area is 279 Å². The molecule has 0 radical (unpaired) electrons. The molecule has 48 heavy (non-hydrogen) atoms. The highest BCUT2D eigenvalue weighted by Gasteiger charge is 2.26. The van der Waals surface area contributed by atoms with Gasteiger partial charge in [-0.3, -0.25) is 19.2 Å². The van der Waals surface area contributed by atoms with E-state index in [0.717, 1.165) is 16.7 Å². The highest BCUT2D eigenvalue weighted by Crippen LogP contribution is 2.06. The van der Waals surface area contributed by atoms with Crippen molar-refractivity contribution in [2.45, 2.75) is 82.8 Å². The van der Waals surface area contributed by atoms with Crippen LogP contribution in [0.4, 0.5) is 4.79 Å². The average molecular weight is 673 g/mol. The molecule has 0 spiro atoms. The van der Waals surface area contributed by atoms with Crippen molar-refractivity contribution in [3.8, 4) is 0 Å². The van der Waals surface area contributed by atoms with Gasteiger partial charge in [0.25, 0.3) is 0 Å². The van der Waals surface area contributed by atoms with Crippen molar-refractivity contribution in [1.82, 2.24) is 41.6 Å². The first-order valence-corrected chi connectivity index (χ1v) is 16.1. The van der Waals surface area contributed by atoms with Crippen molar-refractivity contribution in [2.75, 3.05) is 26.2 Å². The minimum absolute atomic E-state index is 0.0700. The van der Waals surface area contributed by atoms with E-state index in [4.69, 9.17) is 11.5 Å². The highest BCUT2D eigenvalue weighted by molar-refractivity contribution is 5.94. The minimum Gasteiger partial charge on any atom is -0.480 e. The van der Waals surface area contributed by atoms with Crippen LogP contribution in [0, 0.1) is 0 Å². The first-order valence-electron chi connectivity index (χ1n) is 16.1. The number of hydrogen-bond donors (Lipinski definition) is 8. The van der Waals surface area contributed by atoms with Crippen molar-refractivity contribution in [2.24, 2.45) is 11.5 Å². The second kappa shape index (κ2) is 21.8. The van der Waals surface area contributed by atoms with Gasteiger partial charge >= 0.3 is 12.0 Å². The second-order valence-corrected chi connectivity index (χ2v) is 11.2. The number of amides is 5. The van der Waals surface area contributed by atoms with Gasteiger partial charge in [-0.25, -0.2) is 9.59 Å². The third-order valence-electron chi connectivity index (χ3n) is 7.18. The molecule has 17 heteroatoms. The number of aromatic nitrogens is 3. The number of rotatable bonds is 22. The van der Waals surface area contributed by atoms with E-state index >= 15 is 0 Å². The summed E-state index contributed by atoms with van der Waals surface area (Å²) in [4.78, 5) is 75.8. The summed E-state index contributed by atoms with van der Waals surface area (Å²) >= 11 is 0. The maximum absolute atomic E-state index is 13.1. The van der Waals surface area contributed by atoms with Crippen LogP contribution in [0.2, 0.25) is 0 Å². The molecular weight excluding hydrogens is 624 g/mol. The largest absolute Gasteiger partial charge is 0.480 e. The molecule has 17 nitrogen and oxygen atoms in total. The van der Waals surface area contributed by atoms with Crippen molar-refractivity contribution in [1.29, 1.82) is 0 Å². The van der Waals surface area contributed by atoms with Crippen LogP contribution >= 0.6 is 0 Å². The fourth-order valence-electron chi connectivity index (χ4n) is 4.63. The zero-order valence-electron chi connectivity index (χ0n) is 27.3. The van der Waals surface area contributed by atoms with E-state index in [0.29, 0.717) is 50.9 Å². The lowest BCUT2D eigenvalue weighted by molar-refractivity contribution is -0.142. The maximum Gasteiger partial charge on any atom is 0.344 e. The van der Waals surface area contributed by atoms with Crippen LogP contribution in [-0.2, 0) is 36.8 Å². The summed E-state index contributed by atoms with van der Waals surface area (Å²) in [6.07, 6.45) is 5.70. The molecule has 0 aliphatic rings. The third-order valence-corrected chi connectivity index (χ3v) is 7.18. The number of aryl methyl sites for hydroxylation is 1. The second-order valence-electron chi connectivity index (χ2n) is 11.2. The summed E-state index contributed by atoms with van der Waals surface area (Å²) < 4.78 is 1.01. The van der Waals surface area contributed by atoms with Crippen LogP contribution in [0.1, 0.15) is 63.1 Å². The van der Waals surface area contributed by atoms with E-state index in [1.54, 1.807) is 30.3 Å². The van der Waals surface area contributed by atoms with Crippen LogP contribution in [0.3, 0.4) is 0 Å². The molecule has 2 rings (SSSR count). The van der Waals surface area contributed by atoms with Gasteiger partial charge in [0.05, 0.1) is 25.0 Å². The van der Waals surface area contributed by atoms with Gasteiger partial charge in [-0.2, -0.15) is 4.68 Å². The summed E-state index contributed by atoms with van der Waals surface area (Å²) in [5.41, 5.74) is 12.4. The standard InChI is InChI=1S/C31H48N10O7/c1-2-10-22-20-41(40-39-22)31(48)38-23(13-6-8-15-32)28(44)34-19-27(43)37-25(17-21-11-4-3-5-12-21)29(45)35-18-26(42)36-24(30(46)47)14-7-9-16-33/h3-5,11-12,20,23-25H,2,6-10,13-19,32-33H2,1H3,(H,34,44)(H,35,45)(H,36,42)(H,37,43)(H,38,48)(H,46,47)/t23-,24-,25-/m0/s1. The van der Waals surface area contributed by atoms with Crippen LogP contribution in [0.15, 0.2) is 36.5 Å². The lowest BCUT2D eigenvalue weighted by atomic mass is 10.1. The summed E-state index contributed by atoms with van der Waals surface area (Å²) in [6, 6.07) is 4.91. The Morgan fingerprint density at radius 3 is 1.92 bits per heavy atom. The normalized spacial score (nSPS) is 12.6. The van der Waals surface area contributed by atoms with E-state index in [2.05, 4.69) is 36.9 Å². The number of benzene rings is 1.